The molecule has 0 aromatic heterocycles. The largest absolute Gasteiger partial charge is 0.496 e. The second kappa shape index (κ2) is 5.20. The quantitative estimate of drug-likeness (QED) is 0.902. The number of aryl methyl sites for hydroxylation is 1. The second-order valence-electron chi connectivity index (χ2n) is 7.00. The zero-order chi connectivity index (χ0) is 14.4. The lowest BCUT2D eigenvalue weighted by atomic mass is 9.83. The number of piperidine rings is 1. The van der Waals surface area contributed by atoms with Crippen LogP contribution < -0.4 is 10.1 Å². The average Bonchev–Trinajstić information content (AvgIpc) is 2.75. The van der Waals surface area contributed by atoms with Gasteiger partial charge in [-0.2, -0.15) is 0 Å². The topological polar surface area (TPSA) is 24.5 Å². The van der Waals surface area contributed by atoms with Gasteiger partial charge in [0.25, 0.3) is 0 Å². The Kier molecular flexibility index (Phi) is 3.33. The maximum atomic E-state index is 5.74. The molecule has 2 bridgehead atoms. The number of hydrogen-bond donors (Lipinski definition) is 1. The van der Waals surface area contributed by atoms with E-state index in [0.717, 1.165) is 24.4 Å². The summed E-state index contributed by atoms with van der Waals surface area (Å²) in [6.45, 7) is 1.11. The molecule has 114 valence electrons. The van der Waals surface area contributed by atoms with Gasteiger partial charge in [-0.15, -0.1) is 0 Å². The minimum absolute atomic E-state index is 0.669. The van der Waals surface area contributed by atoms with Crippen molar-refractivity contribution in [3.63, 3.8) is 0 Å². The Labute approximate surface area is 127 Å². The number of nitrogens with zero attached hydrogens (tertiary/aromatic N) is 1. The molecule has 1 N–H and O–H groups in total. The average molecular weight is 286 g/mol. The summed E-state index contributed by atoms with van der Waals surface area (Å²) in [5, 5.41) is 3.57. The van der Waals surface area contributed by atoms with Crippen LogP contribution in [0.15, 0.2) is 12.1 Å². The van der Waals surface area contributed by atoms with Crippen LogP contribution in [-0.4, -0.2) is 37.7 Å². The van der Waals surface area contributed by atoms with Gasteiger partial charge >= 0.3 is 0 Å². The molecule has 2 unspecified atom stereocenters. The van der Waals surface area contributed by atoms with E-state index in [1.807, 2.05) is 7.11 Å². The highest BCUT2D eigenvalue weighted by Crippen LogP contribution is 2.45. The molecule has 4 rings (SSSR count). The fourth-order valence-corrected chi connectivity index (χ4v) is 4.67. The maximum Gasteiger partial charge on any atom is 0.122 e. The first-order valence-corrected chi connectivity index (χ1v) is 8.43. The van der Waals surface area contributed by atoms with Gasteiger partial charge in [-0.1, -0.05) is 0 Å². The normalized spacial score (nSPS) is 31.6. The van der Waals surface area contributed by atoms with Crippen LogP contribution in [0.5, 0.6) is 5.75 Å². The van der Waals surface area contributed by atoms with Crippen LogP contribution in [0.3, 0.4) is 0 Å². The maximum absolute atomic E-state index is 5.74. The second-order valence-corrected chi connectivity index (χ2v) is 7.00. The van der Waals surface area contributed by atoms with Gasteiger partial charge in [0.05, 0.1) is 7.11 Å². The molecule has 0 saturated carbocycles. The van der Waals surface area contributed by atoms with E-state index < -0.39 is 0 Å². The molecule has 0 spiro atoms. The summed E-state index contributed by atoms with van der Waals surface area (Å²) in [5.41, 5.74) is 4.22. The summed E-state index contributed by atoms with van der Waals surface area (Å²) < 4.78 is 5.74. The highest BCUT2D eigenvalue weighted by Gasteiger charge is 2.39. The first-order chi connectivity index (χ1) is 10.3. The lowest BCUT2D eigenvalue weighted by Crippen LogP contribution is -2.39. The molecular formula is C18H26N2O. The predicted octanol–water partition coefficient (Wildman–Crippen LogP) is 3.39. The third kappa shape index (κ3) is 2.22. The van der Waals surface area contributed by atoms with E-state index >= 15 is 0 Å². The van der Waals surface area contributed by atoms with Crippen molar-refractivity contribution in [1.82, 2.24) is 4.90 Å². The number of ether oxygens (including phenoxy) is 1. The molecule has 1 aromatic carbocycles. The lowest BCUT2D eigenvalue weighted by Gasteiger charge is -2.37. The van der Waals surface area contributed by atoms with Crippen molar-refractivity contribution in [2.24, 2.45) is 0 Å². The number of anilines is 1. The Morgan fingerprint density at radius 1 is 1.19 bits per heavy atom. The van der Waals surface area contributed by atoms with Crippen molar-refractivity contribution < 1.29 is 4.74 Å². The van der Waals surface area contributed by atoms with Gasteiger partial charge < -0.3 is 15.0 Å². The van der Waals surface area contributed by atoms with E-state index in [0.29, 0.717) is 5.92 Å². The Balaban J connectivity index is 1.68. The van der Waals surface area contributed by atoms with Crippen molar-refractivity contribution in [3.8, 4) is 5.75 Å². The highest BCUT2D eigenvalue weighted by molar-refractivity contribution is 5.60. The number of rotatable bonds is 2. The third-order valence-corrected chi connectivity index (χ3v) is 5.93. The zero-order valence-electron chi connectivity index (χ0n) is 13.2. The lowest BCUT2D eigenvalue weighted by molar-refractivity contribution is 0.160. The number of hydrogen-bond acceptors (Lipinski definition) is 3. The molecule has 3 heterocycles. The smallest absolute Gasteiger partial charge is 0.122 e. The van der Waals surface area contributed by atoms with E-state index in [1.165, 1.54) is 55.3 Å². The molecule has 1 aromatic rings. The molecule has 0 amide bonds. The Morgan fingerprint density at radius 2 is 1.95 bits per heavy atom. The van der Waals surface area contributed by atoms with Crippen LogP contribution in [-0.2, 0) is 6.42 Å². The monoisotopic (exact) mass is 286 g/mol. The Hall–Kier alpha value is -1.22. The third-order valence-electron chi connectivity index (χ3n) is 5.93. The minimum atomic E-state index is 0.669. The zero-order valence-corrected chi connectivity index (χ0v) is 13.2. The van der Waals surface area contributed by atoms with Gasteiger partial charge in [-0.05, 0) is 74.8 Å². The molecular weight excluding hydrogens is 260 g/mol. The standard InChI is InChI=1S/C18H26N2O/c1-20-14-5-6-15(20)9-13(8-14)16-11-17-12(4-3-7-19-17)10-18(16)21-2/h10-11,13-15,19H,3-9H2,1-2H3. The molecule has 0 aliphatic carbocycles. The van der Waals surface area contributed by atoms with Crippen LogP contribution in [0.2, 0.25) is 0 Å². The van der Waals surface area contributed by atoms with Crippen LogP contribution in [0, 0.1) is 0 Å². The summed E-state index contributed by atoms with van der Waals surface area (Å²) in [5.74, 6) is 1.79. The van der Waals surface area contributed by atoms with E-state index in [4.69, 9.17) is 4.74 Å². The van der Waals surface area contributed by atoms with Gasteiger partial charge in [0.1, 0.15) is 5.75 Å². The molecule has 2 atom stereocenters. The molecule has 2 saturated heterocycles. The van der Waals surface area contributed by atoms with Crippen molar-refractivity contribution in [1.29, 1.82) is 0 Å². The molecule has 3 aliphatic heterocycles. The number of methoxy groups -OCH3 is 1. The fourth-order valence-electron chi connectivity index (χ4n) is 4.67. The van der Waals surface area contributed by atoms with Gasteiger partial charge in [0.15, 0.2) is 0 Å². The van der Waals surface area contributed by atoms with Crippen LogP contribution in [0.25, 0.3) is 0 Å². The van der Waals surface area contributed by atoms with Crippen LogP contribution >= 0.6 is 0 Å². The molecule has 0 radical (unpaired) electrons. The van der Waals surface area contributed by atoms with E-state index in [-0.39, 0.29) is 0 Å². The first kappa shape index (κ1) is 13.4. The van der Waals surface area contributed by atoms with E-state index in [9.17, 15) is 0 Å². The molecule has 3 aliphatic rings. The van der Waals surface area contributed by atoms with Gasteiger partial charge in [0.2, 0.25) is 0 Å². The van der Waals surface area contributed by atoms with Crippen LogP contribution in [0.4, 0.5) is 5.69 Å². The number of benzene rings is 1. The van der Waals surface area contributed by atoms with Crippen molar-refractivity contribution in [3.05, 3.63) is 23.3 Å². The Bertz CT molecular complexity index is 528. The highest BCUT2D eigenvalue weighted by atomic mass is 16.5. The van der Waals surface area contributed by atoms with Crippen molar-refractivity contribution in [2.45, 2.75) is 56.5 Å². The summed E-state index contributed by atoms with van der Waals surface area (Å²) >= 11 is 0. The number of fused-ring (bicyclic) bond motifs is 3. The van der Waals surface area contributed by atoms with Gasteiger partial charge in [-0.25, -0.2) is 0 Å². The predicted molar refractivity (Wildman–Crippen MR) is 86.4 cm³/mol. The summed E-state index contributed by atoms with van der Waals surface area (Å²) in [7, 11) is 4.13. The molecule has 3 heteroatoms. The minimum Gasteiger partial charge on any atom is -0.496 e. The van der Waals surface area contributed by atoms with Gasteiger partial charge in [-0.3, -0.25) is 0 Å². The van der Waals surface area contributed by atoms with Crippen molar-refractivity contribution >= 4 is 5.69 Å². The molecule has 21 heavy (non-hydrogen) atoms. The fraction of sp³-hybridized carbons (Fsp3) is 0.667. The molecule has 3 nitrogen and oxygen atoms in total. The summed E-state index contributed by atoms with van der Waals surface area (Å²) in [6.07, 6.45) is 7.75. The van der Waals surface area contributed by atoms with E-state index in [2.05, 4.69) is 29.4 Å². The Morgan fingerprint density at radius 3 is 2.67 bits per heavy atom. The van der Waals surface area contributed by atoms with E-state index in [1.54, 1.807) is 0 Å². The van der Waals surface area contributed by atoms with Gasteiger partial charge in [0, 0.05) is 24.3 Å². The first-order valence-electron chi connectivity index (χ1n) is 8.43. The summed E-state index contributed by atoms with van der Waals surface area (Å²) in [6, 6.07) is 6.24. The van der Waals surface area contributed by atoms with Crippen molar-refractivity contribution in [2.75, 3.05) is 26.0 Å². The summed E-state index contributed by atoms with van der Waals surface area (Å²) in [4.78, 5) is 2.61. The SMILES string of the molecule is COc1cc2c(cc1C1CC3CCC(C1)N3C)NCCC2. The van der Waals surface area contributed by atoms with Crippen LogP contribution in [0.1, 0.15) is 49.1 Å². The molecule has 2 fully saturated rings. The number of nitrogens with one attached hydrogen (secondary N) is 1.